The summed E-state index contributed by atoms with van der Waals surface area (Å²) < 4.78 is 89.0. The molecule has 0 aromatic carbocycles. The maximum absolute atomic E-state index is 15.8. The van der Waals surface area contributed by atoms with E-state index in [1.807, 2.05) is 0 Å². The van der Waals surface area contributed by atoms with E-state index in [2.05, 4.69) is 61.1 Å². The van der Waals surface area contributed by atoms with Crippen molar-refractivity contribution in [2.45, 2.75) is 348 Å². The van der Waals surface area contributed by atoms with Gasteiger partial charge in [0.25, 0.3) is 0 Å². The molecule has 0 aromatic rings. The summed E-state index contributed by atoms with van der Waals surface area (Å²) in [4.78, 5) is 29.6. The number of ether oxygens (including phenoxy) is 15. The van der Waals surface area contributed by atoms with Gasteiger partial charge in [0.2, 0.25) is 6.29 Å². The summed E-state index contributed by atoms with van der Waals surface area (Å²) >= 11 is 0. The molecule has 0 bridgehead atoms. The monoisotopic (exact) mass is 1640 g/mol. The minimum atomic E-state index is -2.14. The Hall–Kier alpha value is -3.12. The quantitative estimate of drug-likeness (QED) is 0.0214. The lowest BCUT2D eigenvalue weighted by molar-refractivity contribution is -0.375. The highest BCUT2D eigenvalue weighted by molar-refractivity contribution is 5.87. The minimum Gasteiger partial charge on any atom is -0.459 e. The summed E-state index contributed by atoms with van der Waals surface area (Å²) in [6.07, 6.45) is -44.7. The van der Waals surface area contributed by atoms with E-state index < -0.39 is 287 Å². The zero-order valence-corrected chi connectivity index (χ0v) is 66.2. The molecule has 7 saturated heterocycles. The first kappa shape index (κ1) is 90.1. The van der Waals surface area contributed by atoms with E-state index in [-0.39, 0.29) is 53.9 Å². The molecule has 7 heterocycles. The Morgan fingerprint density at radius 3 is 1.71 bits per heavy atom. The number of aliphatic hydroxyl groups is 19. The standard InChI is InChI=1S/C78H124O36/c1-12-74(8,99)19-13-14-32(2)63(97)100-31-41-61(112-67-56(94)51(89)59(33(3)106-67)110-66-58(96)60(39(82)29-103-66)111-64-53(91)46(84)36(79)26-101-64)52(90)57(95)69(108-41)114-71(98)78-23-22-72(4,5)24-35(78)34-15-16-43-75(9)20-18-45(73(6,7)42(75)17-21-76(43,10)77(34,11)25-44(78)83)109-68-55(93)50(88)49(87)40(107-68)30-105-70-62(48(86)38(81)28-104-70)113-65-54(92)47(85)37(80)27-102-65/h12,14-15,33,35-62,64-70,79-96,99H,1,13,16-31H2,2-11H3/b32-14-/t33-,35+,36-,37-,38+,39-,40-,41+,42?,43?,44-,45+,46+,47+,48+,49-,50+,51-,52+,53-,54-,55-,56+,57+,58-,59-,60+,61+,62-,64+,65+,66+,67+,68+,69-,70+,74+,75+,76-,77-,78-/m1/s1. The van der Waals surface area contributed by atoms with Gasteiger partial charge in [0.15, 0.2) is 37.7 Å². The molecule has 11 fully saturated rings. The van der Waals surface area contributed by atoms with Gasteiger partial charge >= 0.3 is 11.9 Å². The number of carbonyl (C=O) groups excluding carboxylic acids is 2. The molecule has 7 aliphatic heterocycles. The van der Waals surface area contributed by atoms with E-state index in [0.29, 0.717) is 44.9 Å². The highest BCUT2D eigenvalue weighted by atomic mass is 16.8. The summed E-state index contributed by atoms with van der Waals surface area (Å²) in [7, 11) is 0. The Balaban J connectivity index is 0.737. The Kier molecular flexibility index (Phi) is 27.4. The van der Waals surface area contributed by atoms with Gasteiger partial charge in [-0.15, -0.1) is 6.58 Å². The Morgan fingerprint density at radius 1 is 0.535 bits per heavy atom. The van der Waals surface area contributed by atoms with Crippen molar-refractivity contribution in [1.29, 1.82) is 0 Å². The summed E-state index contributed by atoms with van der Waals surface area (Å²) in [6.45, 7) is 20.1. The molecule has 41 atom stereocenters. The average molecular weight is 1640 g/mol. The van der Waals surface area contributed by atoms with Gasteiger partial charge in [-0.05, 0) is 136 Å². The summed E-state index contributed by atoms with van der Waals surface area (Å²) in [5, 5.41) is 211. The predicted octanol–water partition coefficient (Wildman–Crippen LogP) is -3.79. The number of hydrogen-bond donors (Lipinski definition) is 19. The molecule has 0 spiro atoms. The normalized spacial score (nSPS) is 50.9. The third-order valence-electron chi connectivity index (χ3n) is 28.2. The maximum atomic E-state index is 15.8. The number of carbonyl (C=O) groups is 2. The van der Waals surface area contributed by atoms with Crippen LogP contribution >= 0.6 is 0 Å². The fraction of sp³-hybridized carbons (Fsp3) is 0.897. The van der Waals surface area contributed by atoms with Gasteiger partial charge in [-0.2, -0.15) is 0 Å². The summed E-state index contributed by atoms with van der Waals surface area (Å²) in [5.41, 5.74) is -4.40. The second-order valence-corrected chi connectivity index (χ2v) is 36.4. The lowest BCUT2D eigenvalue weighted by atomic mass is 9.33. The van der Waals surface area contributed by atoms with E-state index in [4.69, 9.17) is 71.1 Å². The van der Waals surface area contributed by atoms with Crippen LogP contribution in [-0.4, -0.2) is 357 Å². The minimum absolute atomic E-state index is 0.00237. The molecule has 0 aromatic heterocycles. The fourth-order valence-electron chi connectivity index (χ4n) is 20.8. The van der Waals surface area contributed by atoms with Crippen LogP contribution in [0, 0.1) is 50.2 Å². The van der Waals surface area contributed by atoms with Crippen LogP contribution in [0.25, 0.3) is 0 Å². The zero-order chi connectivity index (χ0) is 83.3. The number of aliphatic hydroxyl groups excluding tert-OH is 18. The van der Waals surface area contributed by atoms with Crippen LogP contribution in [0.3, 0.4) is 0 Å². The van der Waals surface area contributed by atoms with E-state index in [0.717, 1.165) is 5.57 Å². The Labute approximate surface area is 661 Å². The van der Waals surface area contributed by atoms with Gasteiger partial charge in [-0.25, -0.2) is 4.79 Å². The van der Waals surface area contributed by atoms with Crippen LogP contribution < -0.4 is 0 Å². The molecule has 12 aliphatic rings. The van der Waals surface area contributed by atoms with Gasteiger partial charge in [-0.3, -0.25) is 4.79 Å². The van der Waals surface area contributed by atoms with Crippen molar-refractivity contribution in [2.75, 3.05) is 39.6 Å². The van der Waals surface area contributed by atoms with Crippen molar-refractivity contribution >= 4 is 11.9 Å². The lowest BCUT2D eigenvalue weighted by Gasteiger charge is -2.71. The van der Waals surface area contributed by atoms with Gasteiger partial charge in [0, 0.05) is 5.57 Å². The second-order valence-electron chi connectivity index (χ2n) is 36.4. The maximum Gasteiger partial charge on any atom is 0.333 e. The highest BCUT2D eigenvalue weighted by Gasteiger charge is 2.73. The smallest absolute Gasteiger partial charge is 0.333 e. The van der Waals surface area contributed by atoms with Crippen LogP contribution in [0.2, 0.25) is 0 Å². The Morgan fingerprint density at radius 2 is 1.07 bits per heavy atom. The Bertz CT molecular complexity index is 3360. The van der Waals surface area contributed by atoms with Gasteiger partial charge in [-0.1, -0.05) is 72.3 Å². The number of rotatable bonds is 22. The van der Waals surface area contributed by atoms with E-state index in [1.165, 1.54) is 26.0 Å². The number of allylic oxidation sites excluding steroid dienone is 3. The van der Waals surface area contributed by atoms with Crippen molar-refractivity contribution in [3.8, 4) is 0 Å². The molecular weight excluding hydrogens is 1510 g/mol. The molecule has 4 saturated carbocycles. The molecule has 114 heavy (non-hydrogen) atoms. The highest BCUT2D eigenvalue weighted by Crippen LogP contribution is 2.76. The van der Waals surface area contributed by atoms with Crippen molar-refractivity contribution < 1.29 is 178 Å². The lowest BCUT2D eigenvalue weighted by Crippen LogP contribution is -2.68. The first-order valence-corrected chi connectivity index (χ1v) is 40.0. The van der Waals surface area contributed by atoms with Crippen molar-refractivity contribution in [3.05, 3.63) is 36.0 Å². The summed E-state index contributed by atoms with van der Waals surface area (Å²) in [6, 6.07) is 0. The van der Waals surface area contributed by atoms with Crippen molar-refractivity contribution in [3.63, 3.8) is 0 Å². The molecule has 5 aliphatic carbocycles. The van der Waals surface area contributed by atoms with Crippen molar-refractivity contribution in [1.82, 2.24) is 0 Å². The molecule has 0 radical (unpaired) electrons. The zero-order valence-electron chi connectivity index (χ0n) is 66.2. The van der Waals surface area contributed by atoms with E-state index >= 15 is 4.79 Å². The SMILES string of the molecule is C=C[C@](C)(O)CC/C=C(/C)C(=O)OC[C@@H]1O[C@H](OC(=O)[C@]23CCC(C)(C)C[C@H]2C2=CCC4[C@@]5(C)CC[C@H](O[C@@H]6O[C@H](CO[C@@H]7OC[C@H](O)[C@H](O)[C@H]7O[C@@H]7OC[C@@H](O)[C@H](O)[C@H]7O)[C@@H](O)[C@H](O)[C@H]6O)C(C)(C)C5CC[C@@]4(C)[C@]2(C)C[C@H]3O)[C@@H](O)[C@H](O)[C@H]1O[C@@H]1O[C@H](C)[C@@H](O[C@@H]2OC[C@@H](O)[C@H](O[C@@H]3OC[C@@H](O)[C@H](O)[C@H]3O)[C@H]2O)[C@H](O)[C@@H]1O. The third kappa shape index (κ3) is 16.9. The number of fused-ring (bicyclic) bond motifs is 7. The predicted molar refractivity (Wildman–Crippen MR) is 384 cm³/mol. The van der Waals surface area contributed by atoms with Crippen molar-refractivity contribution in [2.24, 2.45) is 50.2 Å². The molecular formula is C78H124O36. The van der Waals surface area contributed by atoms with Gasteiger partial charge in [0.1, 0.15) is 152 Å². The number of hydrogen-bond acceptors (Lipinski definition) is 36. The van der Waals surface area contributed by atoms with E-state index in [9.17, 15) is 102 Å². The largest absolute Gasteiger partial charge is 0.459 e. The van der Waals surface area contributed by atoms with Crippen LogP contribution in [0.4, 0.5) is 0 Å². The number of esters is 2. The van der Waals surface area contributed by atoms with Gasteiger partial charge < -0.3 is 168 Å². The molecule has 652 valence electrons. The van der Waals surface area contributed by atoms with Crippen LogP contribution in [0.5, 0.6) is 0 Å². The molecule has 12 rings (SSSR count). The fourth-order valence-corrected chi connectivity index (χ4v) is 20.8. The molecule has 19 N–H and O–H groups in total. The molecule has 0 amide bonds. The second kappa shape index (κ2) is 34.7. The first-order chi connectivity index (χ1) is 53.4. The molecule has 36 heteroatoms. The molecule has 36 nitrogen and oxygen atoms in total. The van der Waals surface area contributed by atoms with E-state index in [1.54, 1.807) is 6.92 Å². The topological polar surface area (TPSA) is 557 Å². The molecule has 2 unspecified atom stereocenters. The van der Waals surface area contributed by atoms with Crippen LogP contribution in [0.15, 0.2) is 36.0 Å². The summed E-state index contributed by atoms with van der Waals surface area (Å²) in [5.74, 6) is -2.44. The van der Waals surface area contributed by atoms with Crippen LogP contribution in [0.1, 0.15) is 140 Å². The third-order valence-corrected chi connectivity index (χ3v) is 28.2. The van der Waals surface area contributed by atoms with Crippen LogP contribution in [-0.2, 0) is 80.6 Å². The first-order valence-electron chi connectivity index (χ1n) is 40.0. The average Bonchev–Trinajstić information content (AvgIpc) is 0.670. The van der Waals surface area contributed by atoms with Gasteiger partial charge in [0.05, 0.1) is 56.9 Å².